The van der Waals surface area contributed by atoms with Gasteiger partial charge in [-0.25, -0.2) is 0 Å². The third-order valence-electron chi connectivity index (χ3n) is 6.66. The van der Waals surface area contributed by atoms with Crippen molar-refractivity contribution in [2.45, 2.75) is 52.4 Å². The first-order chi connectivity index (χ1) is 15.9. The molecular formula is C26H30B2N4O2. The van der Waals surface area contributed by atoms with Crippen molar-refractivity contribution in [1.82, 2.24) is 0 Å². The van der Waals surface area contributed by atoms with E-state index in [0.717, 1.165) is 10.9 Å². The fraction of sp³-hybridized carbons (Fsp3) is 0.308. The Balaban J connectivity index is 1.46. The monoisotopic (exact) mass is 452 g/mol. The van der Waals surface area contributed by atoms with Crippen LogP contribution in [0, 0.1) is 0 Å². The molecule has 0 saturated carbocycles. The van der Waals surface area contributed by atoms with Gasteiger partial charge < -0.3 is 30.5 Å². The molecule has 5 rings (SSSR count). The first kappa shape index (κ1) is 22.4. The van der Waals surface area contributed by atoms with Gasteiger partial charge in [-0.3, -0.25) is 0 Å². The first-order valence-electron chi connectivity index (χ1n) is 11.7. The summed E-state index contributed by atoms with van der Waals surface area (Å²) in [4.78, 5) is 9.29. The molecule has 172 valence electrons. The van der Waals surface area contributed by atoms with Crippen LogP contribution in [0.1, 0.15) is 52.7 Å². The Morgan fingerprint density at radius 1 is 0.618 bits per heavy atom. The van der Waals surface area contributed by atoms with Crippen LogP contribution in [0.2, 0.25) is 0 Å². The minimum absolute atomic E-state index is 0.00155. The molecule has 2 heterocycles. The van der Waals surface area contributed by atoms with Crippen LogP contribution in [-0.4, -0.2) is 24.2 Å². The van der Waals surface area contributed by atoms with Crippen molar-refractivity contribution in [3.63, 3.8) is 0 Å². The molecule has 8 heteroatoms. The average molecular weight is 452 g/mol. The zero-order valence-electron chi connectivity index (χ0n) is 20.6. The SMILES string of the molecule is CC(C)(C)c1ccc(B2N=c3c(O)c4c(c(O)c3=N2)NB(c2ccc(C(C)(C)C)cc2)N4)cc1. The van der Waals surface area contributed by atoms with Crippen LogP contribution in [0.3, 0.4) is 0 Å². The fourth-order valence-corrected chi connectivity index (χ4v) is 4.47. The molecular weight excluding hydrogens is 422 g/mol. The Morgan fingerprint density at radius 3 is 1.38 bits per heavy atom. The lowest BCUT2D eigenvalue weighted by molar-refractivity contribution is 0.454. The molecule has 0 bridgehead atoms. The largest absolute Gasteiger partial charge is 0.504 e. The number of phenols is 2. The van der Waals surface area contributed by atoms with Gasteiger partial charge in [0.25, 0.3) is 0 Å². The van der Waals surface area contributed by atoms with Crippen LogP contribution in [0.25, 0.3) is 0 Å². The quantitative estimate of drug-likeness (QED) is 0.274. The Labute approximate surface area is 201 Å². The molecule has 0 aliphatic carbocycles. The number of phenolic OH excluding ortho intramolecular Hbond substituents is 2. The number of fused-ring (bicyclic) bond motifs is 2. The molecule has 0 radical (unpaired) electrons. The number of hydrogen-bond donors (Lipinski definition) is 4. The highest BCUT2D eigenvalue weighted by Gasteiger charge is 2.35. The molecule has 0 unspecified atom stereocenters. The van der Waals surface area contributed by atoms with Crippen LogP contribution in [-0.2, 0) is 10.8 Å². The van der Waals surface area contributed by atoms with Gasteiger partial charge in [-0.05, 0) is 32.9 Å². The number of aromatic hydroxyl groups is 2. The van der Waals surface area contributed by atoms with Gasteiger partial charge in [0.15, 0.2) is 11.5 Å². The number of anilines is 2. The highest BCUT2D eigenvalue weighted by molar-refractivity contribution is 6.81. The Bertz CT molecular complexity index is 1340. The summed E-state index contributed by atoms with van der Waals surface area (Å²) in [6.45, 7) is 12.3. The lowest BCUT2D eigenvalue weighted by Crippen LogP contribution is -2.42. The van der Waals surface area contributed by atoms with Gasteiger partial charge in [-0.15, -0.1) is 0 Å². The maximum Gasteiger partial charge on any atom is 0.449 e. The molecule has 0 fully saturated rings. The highest BCUT2D eigenvalue weighted by Crippen LogP contribution is 2.38. The topological polar surface area (TPSA) is 89.2 Å². The van der Waals surface area contributed by atoms with Crippen molar-refractivity contribution in [2.75, 3.05) is 10.5 Å². The van der Waals surface area contributed by atoms with Crippen LogP contribution >= 0.6 is 0 Å². The van der Waals surface area contributed by atoms with Gasteiger partial charge in [-0.2, -0.15) is 0 Å². The molecule has 34 heavy (non-hydrogen) atoms. The van der Waals surface area contributed by atoms with Crippen molar-refractivity contribution >= 4 is 36.3 Å². The Hall–Kier alpha value is -3.41. The first-order valence-corrected chi connectivity index (χ1v) is 11.7. The van der Waals surface area contributed by atoms with Gasteiger partial charge in [0, 0.05) is 0 Å². The van der Waals surface area contributed by atoms with E-state index in [1.165, 1.54) is 11.1 Å². The molecule has 0 atom stereocenters. The zero-order chi connectivity index (χ0) is 24.4. The summed E-state index contributed by atoms with van der Waals surface area (Å²) in [6.07, 6.45) is 0. The van der Waals surface area contributed by atoms with Gasteiger partial charge in [0.2, 0.25) is 0 Å². The number of benzene rings is 3. The van der Waals surface area contributed by atoms with Crippen molar-refractivity contribution in [3.8, 4) is 11.5 Å². The standard InChI is InChI=1S/C26H30B2N4O2/c1-25(2,3)15-7-11-17(12-8-15)27-29-19-20(30-27)24(34)22-21(23(19)33)31-28(32-22)18-13-9-16(10-14-18)26(4,5)6/h7-14,29-30,33-34H,1-6H3. The lowest BCUT2D eigenvalue weighted by atomic mass is 9.68. The molecule has 3 aromatic carbocycles. The Morgan fingerprint density at radius 2 is 1.00 bits per heavy atom. The summed E-state index contributed by atoms with van der Waals surface area (Å²) < 4.78 is 0. The molecule has 0 aromatic heterocycles. The number of nitrogens with one attached hydrogen (secondary N) is 2. The molecule has 3 aromatic rings. The number of hydrogen-bond acceptors (Lipinski definition) is 6. The van der Waals surface area contributed by atoms with E-state index in [-0.39, 0.29) is 29.3 Å². The van der Waals surface area contributed by atoms with E-state index in [9.17, 15) is 10.2 Å². The van der Waals surface area contributed by atoms with Crippen molar-refractivity contribution < 1.29 is 10.2 Å². The predicted octanol–water partition coefficient (Wildman–Crippen LogP) is 2.57. The maximum atomic E-state index is 11.0. The second-order valence-electron chi connectivity index (χ2n) is 11.2. The van der Waals surface area contributed by atoms with E-state index in [1.807, 2.05) is 12.1 Å². The molecule has 2 aliphatic heterocycles. The van der Waals surface area contributed by atoms with E-state index in [2.05, 4.69) is 98.2 Å². The number of nitrogens with zero attached hydrogens (tertiary/aromatic N) is 2. The van der Waals surface area contributed by atoms with Crippen LogP contribution in [0.5, 0.6) is 11.5 Å². The number of rotatable bonds is 2. The molecule has 0 amide bonds. The van der Waals surface area contributed by atoms with Crippen LogP contribution in [0.4, 0.5) is 11.4 Å². The zero-order valence-corrected chi connectivity index (χ0v) is 20.6. The fourth-order valence-electron chi connectivity index (χ4n) is 4.47. The predicted molar refractivity (Wildman–Crippen MR) is 140 cm³/mol. The molecule has 4 N–H and O–H groups in total. The highest BCUT2D eigenvalue weighted by atomic mass is 16.3. The van der Waals surface area contributed by atoms with Crippen LogP contribution < -0.4 is 32.1 Å². The Kier molecular flexibility index (Phi) is 4.97. The lowest BCUT2D eigenvalue weighted by Gasteiger charge is -2.19. The second kappa shape index (κ2) is 7.55. The molecule has 0 saturated heterocycles. The van der Waals surface area contributed by atoms with E-state index < -0.39 is 6.98 Å². The summed E-state index contributed by atoms with van der Waals surface area (Å²) in [5.74, 6) is 0.00310. The molecule has 2 aliphatic rings. The minimum atomic E-state index is -0.496. The van der Waals surface area contributed by atoms with Crippen molar-refractivity contribution in [1.29, 1.82) is 0 Å². The van der Waals surface area contributed by atoms with E-state index in [0.29, 0.717) is 22.1 Å². The summed E-state index contributed by atoms with van der Waals surface area (Å²) >= 11 is 0. The minimum Gasteiger partial charge on any atom is -0.504 e. The van der Waals surface area contributed by atoms with Gasteiger partial charge in [0.05, 0.1) is 11.4 Å². The summed E-state index contributed by atoms with van der Waals surface area (Å²) in [5, 5.41) is 29.3. The third kappa shape index (κ3) is 3.71. The average Bonchev–Trinajstić information content (AvgIpc) is 3.43. The summed E-state index contributed by atoms with van der Waals surface area (Å²) in [6, 6.07) is 16.5. The van der Waals surface area contributed by atoms with Crippen LogP contribution in [0.15, 0.2) is 58.3 Å². The normalized spacial score (nSPS) is 14.6. The molecule has 6 nitrogen and oxygen atoms in total. The van der Waals surface area contributed by atoms with Gasteiger partial charge in [0.1, 0.15) is 10.7 Å². The summed E-state index contributed by atoms with van der Waals surface area (Å²) in [5.41, 5.74) is 5.43. The van der Waals surface area contributed by atoms with Crippen molar-refractivity contribution in [2.24, 2.45) is 9.81 Å². The second-order valence-corrected chi connectivity index (χ2v) is 11.2. The maximum absolute atomic E-state index is 11.0. The molecule has 0 spiro atoms. The van der Waals surface area contributed by atoms with Gasteiger partial charge in [-0.1, -0.05) is 90.1 Å². The van der Waals surface area contributed by atoms with Gasteiger partial charge >= 0.3 is 14.0 Å². The van der Waals surface area contributed by atoms with E-state index in [1.54, 1.807) is 0 Å². The summed E-state index contributed by atoms with van der Waals surface area (Å²) in [7, 11) is 0. The van der Waals surface area contributed by atoms with Crippen molar-refractivity contribution in [3.05, 3.63) is 70.4 Å². The van der Waals surface area contributed by atoms with E-state index in [4.69, 9.17) is 0 Å². The van der Waals surface area contributed by atoms with E-state index >= 15 is 0 Å². The smallest absolute Gasteiger partial charge is 0.449 e. The third-order valence-corrected chi connectivity index (χ3v) is 6.66.